The Morgan fingerprint density at radius 1 is 1.40 bits per heavy atom. The normalized spacial score (nSPS) is 16.4. The SMILES string of the molecule is Cc1ccc2c(N)c(C(=O)N3CCCNCC3)sc2n1. The van der Waals surface area contributed by atoms with Crippen molar-refractivity contribution in [3.63, 3.8) is 0 Å². The number of aryl methyl sites for hydroxylation is 1. The van der Waals surface area contributed by atoms with Crippen molar-refractivity contribution < 1.29 is 4.79 Å². The van der Waals surface area contributed by atoms with Crippen molar-refractivity contribution in [3.05, 3.63) is 22.7 Å². The first kappa shape index (κ1) is 13.3. The van der Waals surface area contributed by atoms with Crippen molar-refractivity contribution in [1.29, 1.82) is 0 Å². The van der Waals surface area contributed by atoms with Crippen LogP contribution in [0.1, 0.15) is 21.8 Å². The number of nitrogens with one attached hydrogen (secondary N) is 1. The average Bonchev–Trinajstić information content (AvgIpc) is 2.65. The summed E-state index contributed by atoms with van der Waals surface area (Å²) in [6, 6.07) is 3.87. The number of rotatable bonds is 1. The van der Waals surface area contributed by atoms with E-state index in [0.29, 0.717) is 10.6 Å². The number of anilines is 1. The van der Waals surface area contributed by atoms with Crippen LogP contribution in [0, 0.1) is 6.92 Å². The smallest absolute Gasteiger partial charge is 0.266 e. The Morgan fingerprint density at radius 2 is 2.25 bits per heavy atom. The van der Waals surface area contributed by atoms with E-state index in [2.05, 4.69) is 10.3 Å². The third-order valence-corrected chi connectivity index (χ3v) is 4.66. The lowest BCUT2D eigenvalue weighted by Crippen LogP contribution is -2.34. The molecule has 6 heteroatoms. The van der Waals surface area contributed by atoms with Gasteiger partial charge in [0.2, 0.25) is 0 Å². The number of hydrogen-bond donors (Lipinski definition) is 2. The summed E-state index contributed by atoms with van der Waals surface area (Å²) in [5, 5.41) is 4.18. The fourth-order valence-corrected chi connectivity index (χ4v) is 3.55. The maximum atomic E-state index is 12.6. The minimum absolute atomic E-state index is 0.0341. The fraction of sp³-hybridized carbons (Fsp3) is 0.429. The van der Waals surface area contributed by atoms with Crippen LogP contribution in [-0.2, 0) is 0 Å². The summed E-state index contributed by atoms with van der Waals surface area (Å²) in [4.78, 5) is 20.4. The van der Waals surface area contributed by atoms with Crippen LogP contribution in [0.4, 0.5) is 5.69 Å². The van der Waals surface area contributed by atoms with Crippen LogP contribution in [-0.4, -0.2) is 42.0 Å². The van der Waals surface area contributed by atoms with Gasteiger partial charge in [0.1, 0.15) is 9.71 Å². The van der Waals surface area contributed by atoms with Gasteiger partial charge in [0.25, 0.3) is 5.91 Å². The Balaban J connectivity index is 1.96. The van der Waals surface area contributed by atoms with Crippen LogP contribution < -0.4 is 11.1 Å². The maximum Gasteiger partial charge on any atom is 0.266 e. The van der Waals surface area contributed by atoms with Gasteiger partial charge in [-0.2, -0.15) is 0 Å². The van der Waals surface area contributed by atoms with Crippen LogP contribution in [0.25, 0.3) is 10.2 Å². The van der Waals surface area contributed by atoms with Crippen LogP contribution >= 0.6 is 11.3 Å². The summed E-state index contributed by atoms with van der Waals surface area (Å²) in [6.07, 6.45) is 0.980. The lowest BCUT2D eigenvalue weighted by molar-refractivity contribution is 0.0772. The quantitative estimate of drug-likeness (QED) is 0.837. The van der Waals surface area contributed by atoms with E-state index in [1.54, 1.807) is 0 Å². The molecule has 0 aliphatic carbocycles. The number of nitrogens with zero attached hydrogens (tertiary/aromatic N) is 2. The Hall–Kier alpha value is -1.66. The second-order valence-corrected chi connectivity index (χ2v) is 6.05. The maximum absolute atomic E-state index is 12.6. The third kappa shape index (κ3) is 2.36. The molecule has 20 heavy (non-hydrogen) atoms. The van der Waals surface area contributed by atoms with E-state index in [0.717, 1.165) is 48.5 Å². The van der Waals surface area contributed by atoms with E-state index < -0.39 is 0 Å². The van der Waals surface area contributed by atoms with E-state index in [9.17, 15) is 4.79 Å². The summed E-state index contributed by atoms with van der Waals surface area (Å²) in [5.74, 6) is 0.0341. The van der Waals surface area contributed by atoms with E-state index >= 15 is 0 Å². The zero-order valence-electron chi connectivity index (χ0n) is 11.5. The van der Waals surface area contributed by atoms with Crippen molar-refractivity contribution in [1.82, 2.24) is 15.2 Å². The Labute approximate surface area is 121 Å². The van der Waals surface area contributed by atoms with E-state index in [1.165, 1.54) is 11.3 Å². The van der Waals surface area contributed by atoms with Gasteiger partial charge < -0.3 is 16.0 Å². The highest BCUT2D eigenvalue weighted by atomic mass is 32.1. The minimum atomic E-state index is 0.0341. The molecule has 0 saturated carbocycles. The molecular formula is C14H18N4OS. The summed E-state index contributed by atoms with van der Waals surface area (Å²) in [6.45, 7) is 5.27. The molecule has 1 amide bonds. The number of carbonyl (C=O) groups is 1. The van der Waals surface area contributed by atoms with E-state index in [4.69, 9.17) is 5.73 Å². The number of nitrogens with two attached hydrogens (primary N) is 1. The molecule has 0 radical (unpaired) electrons. The number of aromatic nitrogens is 1. The van der Waals surface area contributed by atoms with Gasteiger partial charge in [-0.1, -0.05) is 0 Å². The summed E-state index contributed by atoms with van der Waals surface area (Å²) < 4.78 is 0. The van der Waals surface area contributed by atoms with Gasteiger partial charge in [-0.25, -0.2) is 4.98 Å². The molecule has 3 N–H and O–H groups in total. The number of carbonyl (C=O) groups excluding carboxylic acids is 1. The predicted octanol–water partition coefficient (Wildman–Crippen LogP) is 1.62. The topological polar surface area (TPSA) is 71.2 Å². The van der Waals surface area contributed by atoms with Gasteiger partial charge >= 0.3 is 0 Å². The molecule has 1 aliphatic heterocycles. The van der Waals surface area contributed by atoms with Crippen molar-refractivity contribution >= 4 is 33.1 Å². The molecule has 3 heterocycles. The zero-order chi connectivity index (χ0) is 14.1. The molecule has 0 unspecified atom stereocenters. The van der Waals surface area contributed by atoms with Gasteiger partial charge in [-0.15, -0.1) is 11.3 Å². The zero-order valence-corrected chi connectivity index (χ0v) is 12.3. The number of fused-ring (bicyclic) bond motifs is 1. The number of amides is 1. The third-order valence-electron chi connectivity index (χ3n) is 3.55. The first-order valence-electron chi connectivity index (χ1n) is 6.82. The minimum Gasteiger partial charge on any atom is -0.397 e. The second kappa shape index (κ2) is 5.38. The van der Waals surface area contributed by atoms with E-state index in [-0.39, 0.29) is 5.91 Å². The Bertz CT molecular complexity index is 644. The molecule has 0 bridgehead atoms. The van der Waals surface area contributed by atoms with Gasteiger partial charge in [0, 0.05) is 30.7 Å². The first-order valence-corrected chi connectivity index (χ1v) is 7.64. The number of thiophene rings is 1. The molecule has 2 aromatic heterocycles. The molecular weight excluding hydrogens is 272 g/mol. The summed E-state index contributed by atoms with van der Waals surface area (Å²) in [7, 11) is 0. The number of nitrogen functional groups attached to an aromatic ring is 1. The molecule has 0 spiro atoms. The lowest BCUT2D eigenvalue weighted by atomic mass is 10.2. The molecule has 1 fully saturated rings. The molecule has 0 aromatic carbocycles. The predicted molar refractivity (Wildman–Crippen MR) is 82.2 cm³/mol. The van der Waals surface area contributed by atoms with Crippen molar-refractivity contribution in [2.45, 2.75) is 13.3 Å². The number of hydrogen-bond acceptors (Lipinski definition) is 5. The molecule has 0 atom stereocenters. The monoisotopic (exact) mass is 290 g/mol. The van der Waals surface area contributed by atoms with Crippen molar-refractivity contribution in [2.75, 3.05) is 31.9 Å². The Kier molecular flexibility index (Phi) is 3.58. The largest absolute Gasteiger partial charge is 0.397 e. The van der Waals surface area contributed by atoms with Gasteiger partial charge in [-0.05, 0) is 32.0 Å². The van der Waals surface area contributed by atoms with Gasteiger partial charge in [0.05, 0.1) is 5.69 Å². The second-order valence-electron chi connectivity index (χ2n) is 5.05. The molecule has 106 valence electrons. The fourth-order valence-electron chi connectivity index (χ4n) is 2.44. The van der Waals surface area contributed by atoms with Crippen LogP contribution in [0.5, 0.6) is 0 Å². The standard InChI is InChI=1S/C14H18N4OS/c1-9-3-4-10-11(15)12(20-13(10)17-9)14(19)18-7-2-5-16-6-8-18/h3-4,16H,2,5-8,15H2,1H3. The summed E-state index contributed by atoms with van der Waals surface area (Å²) in [5.41, 5.74) is 7.65. The highest BCUT2D eigenvalue weighted by Gasteiger charge is 2.23. The average molecular weight is 290 g/mol. The number of pyridine rings is 1. The van der Waals surface area contributed by atoms with Gasteiger partial charge in [-0.3, -0.25) is 4.79 Å². The molecule has 1 aliphatic rings. The lowest BCUT2D eigenvalue weighted by Gasteiger charge is -2.19. The first-order chi connectivity index (χ1) is 9.66. The molecule has 1 saturated heterocycles. The van der Waals surface area contributed by atoms with Crippen molar-refractivity contribution in [2.24, 2.45) is 0 Å². The summed E-state index contributed by atoms with van der Waals surface area (Å²) >= 11 is 1.40. The van der Waals surface area contributed by atoms with Crippen molar-refractivity contribution in [3.8, 4) is 0 Å². The molecule has 5 nitrogen and oxygen atoms in total. The highest BCUT2D eigenvalue weighted by Crippen LogP contribution is 2.33. The van der Waals surface area contributed by atoms with Crippen LogP contribution in [0.3, 0.4) is 0 Å². The highest BCUT2D eigenvalue weighted by molar-refractivity contribution is 7.21. The van der Waals surface area contributed by atoms with Crippen LogP contribution in [0.2, 0.25) is 0 Å². The van der Waals surface area contributed by atoms with Crippen LogP contribution in [0.15, 0.2) is 12.1 Å². The molecule has 3 rings (SSSR count). The van der Waals surface area contributed by atoms with Gasteiger partial charge in [0.15, 0.2) is 0 Å². The molecule has 2 aromatic rings. The van der Waals surface area contributed by atoms with E-state index in [1.807, 2.05) is 24.0 Å². The Morgan fingerprint density at radius 3 is 3.10 bits per heavy atom.